The van der Waals surface area contributed by atoms with Gasteiger partial charge in [0.15, 0.2) is 6.29 Å². The van der Waals surface area contributed by atoms with Gasteiger partial charge in [0.1, 0.15) is 0 Å². The molecule has 1 aliphatic heterocycles. The van der Waals surface area contributed by atoms with E-state index in [-0.39, 0.29) is 23.7 Å². The Balaban J connectivity index is 1.44. The fourth-order valence-corrected chi connectivity index (χ4v) is 5.64. The summed E-state index contributed by atoms with van der Waals surface area (Å²) in [7, 11) is 3.86. The van der Waals surface area contributed by atoms with E-state index in [0.29, 0.717) is 6.04 Å². The van der Waals surface area contributed by atoms with Crippen molar-refractivity contribution in [2.75, 3.05) is 27.2 Å². The molecular weight excluding hydrogens is 328 g/mol. The molecule has 0 spiro atoms. The predicted octanol–water partition coefficient (Wildman–Crippen LogP) is 3.18. The number of nitrogens with zero attached hydrogens (tertiary/aromatic N) is 1. The first-order chi connectivity index (χ1) is 12.4. The van der Waals surface area contributed by atoms with Crippen LogP contribution in [0.4, 0.5) is 0 Å². The second-order valence-electron chi connectivity index (χ2n) is 9.34. The second-order valence-corrected chi connectivity index (χ2v) is 9.34. The number of carbonyl (C=O) groups is 1. The van der Waals surface area contributed by atoms with E-state index < -0.39 is 0 Å². The second kappa shape index (κ2) is 8.57. The smallest absolute Gasteiger partial charge is 0.226 e. The molecule has 1 N–H and O–H groups in total. The van der Waals surface area contributed by atoms with Gasteiger partial charge in [-0.25, -0.2) is 0 Å². The molecule has 6 atom stereocenters. The van der Waals surface area contributed by atoms with Gasteiger partial charge in [-0.1, -0.05) is 26.2 Å². The van der Waals surface area contributed by atoms with Crippen molar-refractivity contribution >= 4 is 5.91 Å². The Morgan fingerprint density at radius 3 is 2.58 bits per heavy atom. The van der Waals surface area contributed by atoms with E-state index in [1.807, 2.05) is 0 Å². The lowest BCUT2D eigenvalue weighted by atomic mass is 9.61. The van der Waals surface area contributed by atoms with Crippen LogP contribution >= 0.6 is 0 Å². The number of hydrogen-bond acceptors (Lipinski definition) is 4. The van der Waals surface area contributed by atoms with Crippen molar-refractivity contribution in [1.29, 1.82) is 0 Å². The van der Waals surface area contributed by atoms with E-state index in [1.54, 1.807) is 7.11 Å². The minimum atomic E-state index is -0.152. The van der Waals surface area contributed by atoms with Crippen molar-refractivity contribution in [1.82, 2.24) is 10.2 Å². The zero-order chi connectivity index (χ0) is 18.7. The third-order valence-electron chi connectivity index (χ3n) is 7.01. The summed E-state index contributed by atoms with van der Waals surface area (Å²) in [6, 6.07) is 0.449. The van der Waals surface area contributed by atoms with Crippen LogP contribution in [-0.2, 0) is 14.3 Å². The van der Waals surface area contributed by atoms with Gasteiger partial charge in [0.05, 0.1) is 6.10 Å². The van der Waals surface area contributed by atoms with Crippen LogP contribution in [0.1, 0.15) is 65.2 Å². The first-order valence-corrected chi connectivity index (χ1v) is 10.6. The maximum absolute atomic E-state index is 12.9. The van der Waals surface area contributed by atoms with Gasteiger partial charge in [0.25, 0.3) is 0 Å². The van der Waals surface area contributed by atoms with Gasteiger partial charge in [0.2, 0.25) is 5.91 Å². The normalized spacial score (nSPS) is 40.4. The molecule has 1 unspecified atom stereocenters. The molecule has 3 rings (SSSR count). The van der Waals surface area contributed by atoms with Crippen LogP contribution in [0.2, 0.25) is 0 Å². The lowest BCUT2D eigenvalue weighted by Gasteiger charge is -2.44. The van der Waals surface area contributed by atoms with E-state index in [4.69, 9.17) is 9.47 Å². The standard InChI is InChI=1S/C21H38N2O3/c1-15-10-18(12-19(25-4)26-15)23(3)9-8-22-20(24)21(2)13-16-6-5-7-17(11-16)14-21/h15-19H,5-14H2,1-4H3,(H,22,24)/t15-,16-,17+,18+,19-,21?/m1/s1. The summed E-state index contributed by atoms with van der Waals surface area (Å²) in [4.78, 5) is 15.2. The summed E-state index contributed by atoms with van der Waals surface area (Å²) in [5.41, 5.74) is -0.152. The van der Waals surface area contributed by atoms with Crippen molar-refractivity contribution in [3.05, 3.63) is 0 Å². The summed E-state index contributed by atoms with van der Waals surface area (Å²) in [6.45, 7) is 5.90. The zero-order valence-corrected chi connectivity index (χ0v) is 17.1. The number of likely N-dealkylation sites (N-methyl/N-ethyl adjacent to an activating group) is 1. The van der Waals surface area contributed by atoms with Gasteiger partial charge in [0, 0.05) is 38.1 Å². The summed E-state index contributed by atoms with van der Waals surface area (Å²) in [6.07, 6.45) is 9.55. The summed E-state index contributed by atoms with van der Waals surface area (Å²) >= 11 is 0. The van der Waals surface area contributed by atoms with Crippen LogP contribution in [0, 0.1) is 17.3 Å². The summed E-state index contributed by atoms with van der Waals surface area (Å²) in [5, 5.41) is 3.25. The van der Waals surface area contributed by atoms with Gasteiger partial charge in [-0.05, 0) is 51.5 Å². The fraction of sp³-hybridized carbons (Fsp3) is 0.952. The largest absolute Gasteiger partial charge is 0.356 e. The Labute approximate surface area is 159 Å². The number of fused-ring (bicyclic) bond motifs is 2. The molecule has 3 aliphatic rings. The first kappa shape index (κ1) is 20.1. The molecular formula is C21H38N2O3. The number of rotatable bonds is 6. The topological polar surface area (TPSA) is 50.8 Å². The van der Waals surface area contributed by atoms with E-state index in [0.717, 1.165) is 50.6 Å². The number of hydrogen-bond donors (Lipinski definition) is 1. The fourth-order valence-electron chi connectivity index (χ4n) is 5.64. The number of methoxy groups -OCH3 is 1. The zero-order valence-electron chi connectivity index (χ0n) is 17.1. The molecule has 1 amide bonds. The third kappa shape index (κ3) is 4.79. The molecule has 1 saturated heterocycles. The summed E-state index contributed by atoms with van der Waals surface area (Å²) in [5.74, 6) is 1.82. The van der Waals surface area contributed by atoms with Crippen molar-refractivity contribution in [3.8, 4) is 0 Å². The quantitative estimate of drug-likeness (QED) is 0.784. The lowest BCUT2D eigenvalue weighted by Crippen LogP contribution is -2.49. The number of carbonyl (C=O) groups excluding carboxylic acids is 1. The molecule has 2 saturated carbocycles. The van der Waals surface area contributed by atoms with Crippen LogP contribution in [-0.4, -0.2) is 56.5 Å². The molecule has 150 valence electrons. The average molecular weight is 367 g/mol. The van der Waals surface area contributed by atoms with Crippen molar-refractivity contribution in [2.24, 2.45) is 17.3 Å². The molecule has 0 aromatic carbocycles. The van der Waals surface area contributed by atoms with Gasteiger partial charge in [-0.3, -0.25) is 4.79 Å². The maximum atomic E-state index is 12.9. The van der Waals surface area contributed by atoms with Gasteiger partial charge in [-0.2, -0.15) is 0 Å². The molecule has 0 radical (unpaired) electrons. The summed E-state index contributed by atoms with van der Waals surface area (Å²) < 4.78 is 11.2. The van der Waals surface area contributed by atoms with Crippen molar-refractivity contribution in [3.63, 3.8) is 0 Å². The van der Waals surface area contributed by atoms with E-state index in [1.165, 1.54) is 25.7 Å². The monoisotopic (exact) mass is 366 g/mol. The molecule has 2 bridgehead atoms. The molecule has 5 nitrogen and oxygen atoms in total. The highest BCUT2D eigenvalue weighted by Gasteiger charge is 2.43. The van der Waals surface area contributed by atoms with Crippen LogP contribution < -0.4 is 5.32 Å². The molecule has 5 heteroatoms. The lowest BCUT2D eigenvalue weighted by molar-refractivity contribution is -0.189. The van der Waals surface area contributed by atoms with Crippen LogP contribution in [0.3, 0.4) is 0 Å². The van der Waals surface area contributed by atoms with Crippen molar-refractivity contribution < 1.29 is 14.3 Å². The van der Waals surface area contributed by atoms with Crippen LogP contribution in [0.5, 0.6) is 0 Å². The Kier molecular flexibility index (Phi) is 6.63. The van der Waals surface area contributed by atoms with E-state index in [2.05, 4.69) is 31.1 Å². The Morgan fingerprint density at radius 2 is 1.92 bits per heavy atom. The molecule has 1 heterocycles. The van der Waals surface area contributed by atoms with E-state index in [9.17, 15) is 4.79 Å². The minimum Gasteiger partial charge on any atom is -0.356 e. The van der Waals surface area contributed by atoms with Crippen LogP contribution in [0.15, 0.2) is 0 Å². The highest BCUT2D eigenvalue weighted by Crippen LogP contribution is 2.48. The maximum Gasteiger partial charge on any atom is 0.226 e. The number of amides is 1. The SMILES string of the molecule is CO[C@H]1C[C@@H](N(C)CCNC(=O)C2(C)C[C@@H]3CCC[C@@H](C3)C2)C[C@@H](C)O1. The molecule has 2 aliphatic carbocycles. The van der Waals surface area contributed by atoms with Crippen molar-refractivity contribution in [2.45, 2.75) is 83.6 Å². The highest BCUT2D eigenvalue weighted by atomic mass is 16.7. The van der Waals surface area contributed by atoms with Crippen LogP contribution in [0.25, 0.3) is 0 Å². The highest BCUT2D eigenvalue weighted by molar-refractivity contribution is 5.82. The first-order valence-electron chi connectivity index (χ1n) is 10.6. The third-order valence-corrected chi connectivity index (χ3v) is 7.01. The van der Waals surface area contributed by atoms with Gasteiger partial charge < -0.3 is 19.7 Å². The Hall–Kier alpha value is -0.650. The predicted molar refractivity (Wildman–Crippen MR) is 103 cm³/mol. The van der Waals surface area contributed by atoms with Gasteiger partial charge >= 0.3 is 0 Å². The average Bonchev–Trinajstić information content (AvgIpc) is 2.60. The Bertz CT molecular complexity index is 472. The van der Waals surface area contributed by atoms with Gasteiger partial charge in [-0.15, -0.1) is 0 Å². The molecule has 0 aromatic rings. The molecule has 26 heavy (non-hydrogen) atoms. The Morgan fingerprint density at radius 1 is 1.23 bits per heavy atom. The number of nitrogens with one attached hydrogen (secondary N) is 1. The molecule has 0 aromatic heterocycles. The minimum absolute atomic E-state index is 0.110. The van der Waals surface area contributed by atoms with E-state index >= 15 is 0 Å². The molecule has 3 fully saturated rings. The number of ether oxygens (including phenoxy) is 2.